The Kier molecular flexibility index (Phi) is 5.91. The van der Waals surface area contributed by atoms with Crippen LogP contribution in [0.1, 0.15) is 17.5 Å². The number of benzene rings is 1. The van der Waals surface area contributed by atoms with Crippen LogP contribution in [-0.2, 0) is 4.79 Å². The Morgan fingerprint density at radius 2 is 2.12 bits per heavy atom. The van der Waals surface area contributed by atoms with Crippen molar-refractivity contribution < 1.29 is 14.6 Å². The van der Waals surface area contributed by atoms with Gasteiger partial charge in [0, 0.05) is 11.5 Å². The molecule has 0 atom stereocenters. The third-order valence-electron chi connectivity index (χ3n) is 2.29. The third kappa shape index (κ3) is 5.63. The minimum atomic E-state index is -0.743. The van der Waals surface area contributed by atoms with Crippen LogP contribution < -0.4 is 4.74 Å². The van der Waals surface area contributed by atoms with Crippen molar-refractivity contribution in [3.8, 4) is 5.75 Å². The first-order valence-electron chi connectivity index (χ1n) is 5.59. The Morgan fingerprint density at radius 3 is 2.82 bits per heavy atom. The van der Waals surface area contributed by atoms with Gasteiger partial charge in [-0.15, -0.1) is 0 Å². The van der Waals surface area contributed by atoms with Gasteiger partial charge in [-0.1, -0.05) is 12.1 Å². The fourth-order valence-corrected chi connectivity index (χ4v) is 2.06. The van der Waals surface area contributed by atoms with E-state index in [4.69, 9.17) is 9.84 Å². The molecule has 1 N–H and O–H groups in total. The van der Waals surface area contributed by atoms with Crippen LogP contribution in [0.25, 0.3) is 0 Å². The summed E-state index contributed by atoms with van der Waals surface area (Å²) >= 11 is 1.61. The maximum absolute atomic E-state index is 10.3. The van der Waals surface area contributed by atoms with Crippen LogP contribution in [0.5, 0.6) is 5.75 Å². The predicted molar refractivity (Wildman–Crippen MR) is 71.0 cm³/mol. The van der Waals surface area contributed by atoms with Gasteiger partial charge in [-0.3, -0.25) is 4.79 Å². The first-order chi connectivity index (χ1) is 8.09. The van der Waals surface area contributed by atoms with Crippen molar-refractivity contribution >= 4 is 17.7 Å². The van der Waals surface area contributed by atoms with Crippen molar-refractivity contribution in [1.29, 1.82) is 0 Å². The summed E-state index contributed by atoms with van der Waals surface area (Å²) in [4.78, 5) is 10.3. The van der Waals surface area contributed by atoms with E-state index in [1.165, 1.54) is 5.56 Å². The molecular formula is C13H18O3S. The molecule has 1 aromatic rings. The second kappa shape index (κ2) is 7.22. The molecule has 94 valence electrons. The Balaban J connectivity index is 2.22. The maximum atomic E-state index is 10.3. The second-order valence-electron chi connectivity index (χ2n) is 3.87. The monoisotopic (exact) mass is 254 g/mol. The molecule has 0 aliphatic heterocycles. The molecule has 0 saturated heterocycles. The zero-order valence-corrected chi connectivity index (χ0v) is 11.0. The van der Waals surface area contributed by atoms with Crippen LogP contribution in [0.3, 0.4) is 0 Å². The molecule has 0 amide bonds. The van der Waals surface area contributed by atoms with Crippen molar-refractivity contribution in [3.63, 3.8) is 0 Å². The molecule has 0 aliphatic rings. The van der Waals surface area contributed by atoms with Crippen LogP contribution in [0.4, 0.5) is 0 Å². The maximum Gasteiger partial charge on any atom is 0.304 e. The molecule has 3 nitrogen and oxygen atoms in total. The van der Waals surface area contributed by atoms with Crippen LogP contribution in [0, 0.1) is 13.8 Å². The van der Waals surface area contributed by atoms with E-state index in [1.807, 2.05) is 26.0 Å². The van der Waals surface area contributed by atoms with E-state index in [0.29, 0.717) is 12.4 Å². The van der Waals surface area contributed by atoms with E-state index in [9.17, 15) is 4.79 Å². The third-order valence-corrected chi connectivity index (χ3v) is 3.24. The highest BCUT2D eigenvalue weighted by atomic mass is 32.2. The molecule has 1 aromatic carbocycles. The predicted octanol–water partition coefficient (Wildman–Crippen LogP) is 2.89. The second-order valence-corrected chi connectivity index (χ2v) is 5.10. The largest absolute Gasteiger partial charge is 0.492 e. The average molecular weight is 254 g/mol. The highest BCUT2D eigenvalue weighted by Crippen LogP contribution is 2.19. The molecule has 4 heteroatoms. The highest BCUT2D eigenvalue weighted by Gasteiger charge is 2.00. The zero-order chi connectivity index (χ0) is 12.7. The summed E-state index contributed by atoms with van der Waals surface area (Å²) in [5, 5.41) is 8.47. The fraction of sp³-hybridized carbons (Fsp3) is 0.462. The number of thioether (sulfide) groups is 1. The molecule has 0 saturated carbocycles. The normalized spacial score (nSPS) is 10.2. The van der Waals surface area contributed by atoms with Crippen molar-refractivity contribution in [2.24, 2.45) is 0 Å². The first kappa shape index (κ1) is 13.9. The van der Waals surface area contributed by atoms with Gasteiger partial charge >= 0.3 is 5.97 Å². The van der Waals surface area contributed by atoms with E-state index in [0.717, 1.165) is 17.1 Å². The Morgan fingerprint density at radius 1 is 1.35 bits per heavy atom. The van der Waals surface area contributed by atoms with E-state index in [-0.39, 0.29) is 6.42 Å². The lowest BCUT2D eigenvalue weighted by molar-refractivity contribution is -0.136. The molecule has 17 heavy (non-hydrogen) atoms. The Bertz CT molecular complexity index is 377. The summed E-state index contributed by atoms with van der Waals surface area (Å²) in [5.74, 6) is 1.64. The topological polar surface area (TPSA) is 46.5 Å². The molecule has 0 aliphatic carbocycles. The van der Waals surface area contributed by atoms with Crippen LogP contribution in [-0.4, -0.2) is 29.2 Å². The van der Waals surface area contributed by atoms with E-state index >= 15 is 0 Å². The fourth-order valence-electron chi connectivity index (χ4n) is 1.33. The molecule has 1 rings (SSSR count). The van der Waals surface area contributed by atoms with Gasteiger partial charge in [0.15, 0.2) is 0 Å². The standard InChI is InChI=1S/C13H18O3S/c1-10-3-4-11(2)12(9-10)16-6-8-17-7-5-13(14)15/h3-4,9H,5-8H2,1-2H3,(H,14,15). The quantitative estimate of drug-likeness (QED) is 0.760. The van der Waals surface area contributed by atoms with Crippen molar-refractivity contribution in [2.75, 3.05) is 18.1 Å². The number of carboxylic acids is 1. The minimum Gasteiger partial charge on any atom is -0.492 e. The Labute approximate surface area is 106 Å². The van der Waals surface area contributed by atoms with E-state index in [2.05, 4.69) is 6.07 Å². The van der Waals surface area contributed by atoms with E-state index in [1.54, 1.807) is 11.8 Å². The number of aliphatic carboxylic acids is 1. The highest BCUT2D eigenvalue weighted by molar-refractivity contribution is 7.99. The number of carboxylic acid groups (broad SMARTS) is 1. The van der Waals surface area contributed by atoms with Gasteiger partial charge in [-0.05, 0) is 31.0 Å². The van der Waals surface area contributed by atoms with Gasteiger partial charge in [0.05, 0.1) is 13.0 Å². The van der Waals surface area contributed by atoms with Crippen LogP contribution in [0.15, 0.2) is 18.2 Å². The van der Waals surface area contributed by atoms with Gasteiger partial charge in [-0.25, -0.2) is 0 Å². The molecule has 0 fully saturated rings. The molecular weight excluding hydrogens is 236 g/mol. The number of ether oxygens (including phenoxy) is 1. The van der Waals surface area contributed by atoms with E-state index < -0.39 is 5.97 Å². The Hall–Kier alpha value is -1.16. The number of aryl methyl sites for hydroxylation is 2. The van der Waals surface area contributed by atoms with Gasteiger partial charge in [-0.2, -0.15) is 11.8 Å². The number of hydrogen-bond donors (Lipinski definition) is 1. The molecule has 0 aromatic heterocycles. The lowest BCUT2D eigenvalue weighted by atomic mass is 10.1. The number of carbonyl (C=O) groups is 1. The first-order valence-corrected chi connectivity index (χ1v) is 6.74. The van der Waals surface area contributed by atoms with Crippen molar-refractivity contribution in [1.82, 2.24) is 0 Å². The number of rotatable bonds is 7. The summed E-state index contributed by atoms with van der Waals surface area (Å²) in [7, 11) is 0. The lowest BCUT2D eigenvalue weighted by Crippen LogP contribution is -2.03. The minimum absolute atomic E-state index is 0.216. The van der Waals surface area contributed by atoms with Crippen molar-refractivity contribution in [3.05, 3.63) is 29.3 Å². The summed E-state index contributed by atoms with van der Waals surface area (Å²) in [6.45, 7) is 4.68. The summed E-state index contributed by atoms with van der Waals surface area (Å²) in [6.07, 6.45) is 0.216. The average Bonchev–Trinajstić information content (AvgIpc) is 2.27. The smallest absolute Gasteiger partial charge is 0.304 e. The molecule has 0 spiro atoms. The van der Waals surface area contributed by atoms with Gasteiger partial charge < -0.3 is 9.84 Å². The molecule has 0 radical (unpaired) electrons. The van der Waals surface area contributed by atoms with Crippen molar-refractivity contribution in [2.45, 2.75) is 20.3 Å². The lowest BCUT2D eigenvalue weighted by Gasteiger charge is -2.09. The van der Waals surface area contributed by atoms with Gasteiger partial charge in [0.1, 0.15) is 5.75 Å². The SMILES string of the molecule is Cc1ccc(C)c(OCCSCCC(=O)O)c1. The summed E-state index contributed by atoms with van der Waals surface area (Å²) in [6, 6.07) is 6.13. The molecule has 0 unspecified atom stereocenters. The van der Waals surface area contributed by atoms with Crippen LogP contribution in [0.2, 0.25) is 0 Å². The van der Waals surface area contributed by atoms with Gasteiger partial charge in [0.25, 0.3) is 0 Å². The zero-order valence-electron chi connectivity index (χ0n) is 10.2. The molecule has 0 heterocycles. The molecule has 0 bridgehead atoms. The number of hydrogen-bond acceptors (Lipinski definition) is 3. The van der Waals surface area contributed by atoms with Gasteiger partial charge in [0.2, 0.25) is 0 Å². The van der Waals surface area contributed by atoms with Crippen LogP contribution >= 0.6 is 11.8 Å². The summed E-state index contributed by atoms with van der Waals surface area (Å²) < 4.78 is 5.66. The summed E-state index contributed by atoms with van der Waals surface area (Å²) in [5.41, 5.74) is 2.32.